The Morgan fingerprint density at radius 1 is 0.941 bits per heavy atom. The number of aliphatic hydroxyl groups is 1. The molecule has 2 heterocycles. The van der Waals surface area contributed by atoms with Gasteiger partial charge in [0.05, 0.1) is 11.2 Å². The maximum Gasteiger partial charge on any atom is 0.250 e. The molecule has 1 aromatic heterocycles. The molecule has 0 aliphatic carbocycles. The summed E-state index contributed by atoms with van der Waals surface area (Å²) in [5.41, 5.74) is 7.09. The summed E-state index contributed by atoms with van der Waals surface area (Å²) in [6.07, 6.45) is 2.84. The van der Waals surface area contributed by atoms with Crippen molar-refractivity contribution < 1.29 is 14.6 Å². The summed E-state index contributed by atoms with van der Waals surface area (Å²) in [6, 6.07) is 25.4. The lowest BCUT2D eigenvalue weighted by atomic mass is 9.84. The minimum Gasteiger partial charge on any atom is -0.438 e. The van der Waals surface area contributed by atoms with Crippen LogP contribution in [0.3, 0.4) is 0 Å². The molecule has 0 bridgehead atoms. The number of amides is 1. The number of likely N-dealkylation sites (tertiary alicyclic amines) is 1. The summed E-state index contributed by atoms with van der Waals surface area (Å²) in [7, 11) is 0. The number of hydrogen-bond donors (Lipinski definition) is 2. The van der Waals surface area contributed by atoms with Gasteiger partial charge in [-0.15, -0.1) is 0 Å². The van der Waals surface area contributed by atoms with Crippen molar-refractivity contribution in [2.45, 2.75) is 25.0 Å². The number of carbonyl (C=O) groups is 1. The van der Waals surface area contributed by atoms with E-state index in [4.69, 9.17) is 10.5 Å². The highest BCUT2D eigenvalue weighted by Crippen LogP contribution is 2.35. The number of fused-ring (bicyclic) bond motifs is 1. The van der Waals surface area contributed by atoms with Gasteiger partial charge in [0.2, 0.25) is 11.8 Å². The summed E-state index contributed by atoms with van der Waals surface area (Å²) >= 11 is 0. The molecule has 0 saturated carbocycles. The molecule has 3 N–H and O–H groups in total. The Hall–Kier alpha value is -3.74. The Morgan fingerprint density at radius 3 is 2.32 bits per heavy atom. The Labute approximate surface area is 198 Å². The normalized spacial score (nSPS) is 15.8. The number of rotatable bonds is 6. The van der Waals surface area contributed by atoms with Crippen molar-refractivity contribution >= 4 is 16.7 Å². The third-order valence-electron chi connectivity index (χ3n) is 6.60. The summed E-state index contributed by atoms with van der Waals surface area (Å²) < 4.78 is 6.04. The number of aromatic nitrogens is 1. The summed E-state index contributed by atoms with van der Waals surface area (Å²) in [4.78, 5) is 17.9. The first-order chi connectivity index (χ1) is 16.5. The van der Waals surface area contributed by atoms with E-state index < -0.39 is 11.5 Å². The van der Waals surface area contributed by atoms with Crippen LogP contribution in [0.1, 0.15) is 34.3 Å². The number of nitrogens with zero attached hydrogens (tertiary/aromatic N) is 2. The monoisotopic (exact) mass is 453 g/mol. The molecule has 3 aromatic carbocycles. The fourth-order valence-electron chi connectivity index (χ4n) is 4.62. The lowest BCUT2D eigenvalue weighted by molar-refractivity contribution is -0.0276. The molecule has 5 rings (SSSR count). The van der Waals surface area contributed by atoms with Gasteiger partial charge in [0.1, 0.15) is 5.75 Å². The van der Waals surface area contributed by atoms with E-state index in [0.717, 1.165) is 36.0 Å². The van der Waals surface area contributed by atoms with E-state index in [1.165, 1.54) is 11.8 Å². The number of nitrogens with two attached hydrogens (primary N) is 1. The molecule has 1 saturated heterocycles. The molecule has 6 heteroatoms. The van der Waals surface area contributed by atoms with Gasteiger partial charge in [-0.25, -0.2) is 4.98 Å². The lowest BCUT2D eigenvalue weighted by Crippen LogP contribution is -2.42. The van der Waals surface area contributed by atoms with Crippen LogP contribution in [0.15, 0.2) is 85.1 Å². The van der Waals surface area contributed by atoms with Crippen molar-refractivity contribution in [2.75, 3.05) is 13.1 Å². The van der Waals surface area contributed by atoms with Crippen LogP contribution in [0.25, 0.3) is 10.8 Å². The van der Waals surface area contributed by atoms with E-state index in [1.54, 1.807) is 12.1 Å². The highest BCUT2D eigenvalue weighted by molar-refractivity contribution is 5.92. The minimum atomic E-state index is -0.755. The van der Waals surface area contributed by atoms with Gasteiger partial charge >= 0.3 is 0 Å². The second-order valence-corrected chi connectivity index (χ2v) is 8.79. The number of pyridine rings is 1. The smallest absolute Gasteiger partial charge is 0.250 e. The van der Waals surface area contributed by atoms with E-state index in [0.29, 0.717) is 30.0 Å². The first kappa shape index (κ1) is 22.1. The molecule has 0 radical (unpaired) electrons. The van der Waals surface area contributed by atoms with Gasteiger partial charge in [-0.1, -0.05) is 60.7 Å². The van der Waals surface area contributed by atoms with E-state index in [9.17, 15) is 9.90 Å². The van der Waals surface area contributed by atoms with Crippen LogP contribution in [-0.2, 0) is 12.1 Å². The van der Waals surface area contributed by atoms with Crippen LogP contribution < -0.4 is 10.5 Å². The number of carbonyl (C=O) groups excluding carboxylic acids is 1. The zero-order valence-electron chi connectivity index (χ0n) is 18.9. The first-order valence-corrected chi connectivity index (χ1v) is 11.5. The van der Waals surface area contributed by atoms with Crippen LogP contribution >= 0.6 is 0 Å². The van der Waals surface area contributed by atoms with Crippen LogP contribution in [0.5, 0.6) is 11.6 Å². The molecule has 172 valence electrons. The van der Waals surface area contributed by atoms with Gasteiger partial charge in [-0.05, 0) is 41.5 Å². The summed E-state index contributed by atoms with van der Waals surface area (Å²) in [5.74, 6) is 0.587. The molecule has 4 aromatic rings. The average Bonchev–Trinajstić information content (AvgIpc) is 2.88. The third-order valence-corrected chi connectivity index (χ3v) is 6.60. The standard InChI is InChI=1S/C28H27N3O3/c29-27(32)20-11-13-26(30-18-20)34-25-12-10-21(23-8-4-5-9-24(23)25)19-31-16-14-28(33,15-17-31)22-6-2-1-3-7-22/h1-13,18,33H,14-17,19H2,(H2,29,32). The fraction of sp³-hybridized carbons (Fsp3) is 0.214. The first-order valence-electron chi connectivity index (χ1n) is 11.5. The topological polar surface area (TPSA) is 88.7 Å². The predicted octanol–water partition coefficient (Wildman–Crippen LogP) is 4.61. The summed E-state index contributed by atoms with van der Waals surface area (Å²) in [6.45, 7) is 2.46. The largest absolute Gasteiger partial charge is 0.438 e. The minimum absolute atomic E-state index is 0.341. The molecule has 1 aliphatic heterocycles. The predicted molar refractivity (Wildman–Crippen MR) is 132 cm³/mol. The number of ether oxygens (including phenoxy) is 1. The molecule has 0 atom stereocenters. The second-order valence-electron chi connectivity index (χ2n) is 8.79. The molecular formula is C28H27N3O3. The van der Waals surface area contributed by atoms with E-state index in [2.05, 4.69) is 22.0 Å². The van der Waals surface area contributed by atoms with Crippen molar-refractivity contribution in [1.82, 2.24) is 9.88 Å². The van der Waals surface area contributed by atoms with Crippen LogP contribution in [-0.4, -0.2) is 34.0 Å². The average molecular weight is 454 g/mol. The molecule has 0 spiro atoms. The van der Waals surface area contributed by atoms with Gasteiger partial charge in [0.25, 0.3) is 0 Å². The fourth-order valence-corrected chi connectivity index (χ4v) is 4.62. The van der Waals surface area contributed by atoms with Crippen LogP contribution in [0.4, 0.5) is 0 Å². The number of piperidine rings is 1. The molecular weight excluding hydrogens is 426 g/mol. The van der Waals surface area contributed by atoms with Gasteiger partial charge in [-0.2, -0.15) is 0 Å². The highest BCUT2D eigenvalue weighted by atomic mass is 16.5. The second kappa shape index (κ2) is 9.25. The maximum atomic E-state index is 11.3. The molecule has 0 unspecified atom stereocenters. The van der Waals surface area contributed by atoms with Gasteiger partial charge < -0.3 is 15.6 Å². The Balaban J connectivity index is 1.33. The number of hydrogen-bond acceptors (Lipinski definition) is 5. The highest BCUT2D eigenvalue weighted by Gasteiger charge is 2.33. The maximum absolute atomic E-state index is 11.3. The lowest BCUT2D eigenvalue weighted by Gasteiger charge is -2.38. The molecule has 1 fully saturated rings. The van der Waals surface area contributed by atoms with Crippen molar-refractivity contribution in [1.29, 1.82) is 0 Å². The third kappa shape index (κ3) is 4.51. The Kier molecular flexibility index (Phi) is 6.01. The summed E-state index contributed by atoms with van der Waals surface area (Å²) in [5, 5.41) is 13.3. The van der Waals surface area contributed by atoms with Crippen molar-refractivity contribution in [3.8, 4) is 11.6 Å². The molecule has 1 aliphatic rings. The van der Waals surface area contributed by atoms with Crippen LogP contribution in [0, 0.1) is 0 Å². The zero-order chi connectivity index (χ0) is 23.5. The van der Waals surface area contributed by atoms with Crippen molar-refractivity contribution in [2.24, 2.45) is 5.73 Å². The zero-order valence-corrected chi connectivity index (χ0v) is 18.9. The van der Waals surface area contributed by atoms with Gasteiger partial charge in [-0.3, -0.25) is 9.69 Å². The Morgan fingerprint density at radius 2 is 1.65 bits per heavy atom. The van der Waals surface area contributed by atoms with E-state index in [1.807, 2.05) is 54.6 Å². The SMILES string of the molecule is NC(=O)c1ccc(Oc2ccc(CN3CCC(O)(c4ccccc4)CC3)c3ccccc23)nc1. The van der Waals surface area contributed by atoms with Crippen molar-refractivity contribution in [3.63, 3.8) is 0 Å². The quantitative estimate of drug-likeness (QED) is 0.445. The molecule has 1 amide bonds. The molecule has 34 heavy (non-hydrogen) atoms. The van der Waals surface area contributed by atoms with E-state index in [-0.39, 0.29) is 0 Å². The Bertz CT molecular complexity index is 1300. The van der Waals surface area contributed by atoms with Crippen molar-refractivity contribution in [3.05, 3.63) is 102 Å². The van der Waals surface area contributed by atoms with E-state index >= 15 is 0 Å². The van der Waals surface area contributed by atoms with Gasteiger partial charge in [0.15, 0.2) is 0 Å². The van der Waals surface area contributed by atoms with Gasteiger partial charge in [0, 0.05) is 37.3 Å². The molecule has 6 nitrogen and oxygen atoms in total. The number of benzene rings is 3. The number of primary amides is 1. The van der Waals surface area contributed by atoms with Crippen LogP contribution in [0.2, 0.25) is 0 Å².